The van der Waals surface area contributed by atoms with Gasteiger partial charge in [-0.25, -0.2) is 4.79 Å². The van der Waals surface area contributed by atoms with Gasteiger partial charge in [0.15, 0.2) is 6.29 Å². The molecule has 2 aliphatic heterocycles. The van der Waals surface area contributed by atoms with Crippen LogP contribution >= 0.6 is 0 Å². The Bertz CT molecular complexity index is 681. The Balaban J connectivity index is 2.23. The number of carbonyl (C=O) groups is 1. The number of hydrogen-bond donors (Lipinski definition) is 8. The Morgan fingerprint density at radius 2 is 1.85 bits per heavy atom. The molecule has 1 saturated heterocycles. The van der Waals surface area contributed by atoms with Crippen molar-refractivity contribution in [2.75, 3.05) is 6.61 Å². The maximum absolute atomic E-state index is 11.0. The standard InChI is InChI=1S/C12H19NO13S/c14-2-5-9(8(17)6(11(20)24-5)13-27(21,22)23)26-12-7(16)3(15)1-4(25-12)10(18)19/h1,3,5-9,11-17,20H,2H2,(H,18,19)(H,21,22,23). The van der Waals surface area contributed by atoms with Crippen molar-refractivity contribution >= 4 is 16.3 Å². The van der Waals surface area contributed by atoms with Crippen molar-refractivity contribution in [1.82, 2.24) is 4.72 Å². The van der Waals surface area contributed by atoms with Gasteiger partial charge in [-0.05, 0) is 6.08 Å². The quantitative estimate of drug-likeness (QED) is 0.190. The van der Waals surface area contributed by atoms with Crippen molar-refractivity contribution in [3.63, 3.8) is 0 Å². The molecule has 2 heterocycles. The third-order valence-corrected chi connectivity index (χ3v) is 4.42. The van der Waals surface area contributed by atoms with Crippen molar-refractivity contribution in [1.29, 1.82) is 0 Å². The monoisotopic (exact) mass is 417 g/mol. The fourth-order valence-electron chi connectivity index (χ4n) is 2.58. The zero-order chi connectivity index (χ0) is 20.5. The second-order valence-corrected chi connectivity index (χ2v) is 6.95. The summed E-state index contributed by atoms with van der Waals surface area (Å²) in [6.45, 7) is -0.843. The lowest BCUT2D eigenvalue weighted by Crippen LogP contribution is -2.65. The maximum atomic E-state index is 11.0. The van der Waals surface area contributed by atoms with Gasteiger partial charge in [-0.15, -0.1) is 0 Å². The molecule has 8 atom stereocenters. The molecule has 0 aromatic carbocycles. The lowest BCUT2D eigenvalue weighted by Gasteiger charge is -2.44. The SMILES string of the molecule is O=C(O)C1=CC(O)C(O)C(OC2C(CO)OC(O)C(NS(=O)(=O)O)C2O)O1. The summed E-state index contributed by atoms with van der Waals surface area (Å²) >= 11 is 0. The molecule has 0 amide bonds. The minimum absolute atomic E-state index is 0.705. The molecule has 27 heavy (non-hydrogen) atoms. The van der Waals surface area contributed by atoms with E-state index in [1.54, 1.807) is 0 Å². The topological polar surface area (TPSA) is 233 Å². The summed E-state index contributed by atoms with van der Waals surface area (Å²) in [6, 6.07) is -1.84. The van der Waals surface area contributed by atoms with E-state index in [0.29, 0.717) is 6.08 Å². The van der Waals surface area contributed by atoms with E-state index in [-0.39, 0.29) is 0 Å². The highest BCUT2D eigenvalue weighted by molar-refractivity contribution is 7.83. The minimum Gasteiger partial charge on any atom is -0.475 e. The molecule has 156 valence electrons. The highest BCUT2D eigenvalue weighted by Crippen LogP contribution is 2.28. The molecule has 1 fully saturated rings. The second kappa shape index (κ2) is 8.31. The van der Waals surface area contributed by atoms with E-state index < -0.39 is 77.8 Å². The van der Waals surface area contributed by atoms with Gasteiger partial charge >= 0.3 is 16.3 Å². The average Bonchev–Trinajstić information content (AvgIpc) is 2.56. The molecule has 8 N–H and O–H groups in total. The number of nitrogens with one attached hydrogen (secondary N) is 1. The van der Waals surface area contributed by atoms with Gasteiger partial charge in [0.1, 0.15) is 36.6 Å². The largest absolute Gasteiger partial charge is 0.475 e. The van der Waals surface area contributed by atoms with E-state index >= 15 is 0 Å². The minimum atomic E-state index is -4.89. The molecule has 2 aliphatic rings. The summed E-state index contributed by atoms with van der Waals surface area (Å²) in [5, 5.41) is 57.8. The molecule has 15 heteroatoms. The van der Waals surface area contributed by atoms with Crippen LogP contribution in [0.1, 0.15) is 0 Å². The fraction of sp³-hybridized carbons (Fsp3) is 0.750. The second-order valence-electron chi connectivity index (χ2n) is 5.76. The first kappa shape index (κ1) is 21.9. The highest BCUT2D eigenvalue weighted by atomic mass is 32.2. The van der Waals surface area contributed by atoms with Crippen molar-refractivity contribution < 1.29 is 62.6 Å². The highest BCUT2D eigenvalue weighted by Gasteiger charge is 2.49. The number of hydrogen-bond acceptors (Lipinski definition) is 11. The van der Waals surface area contributed by atoms with Gasteiger partial charge in [-0.2, -0.15) is 13.1 Å². The fourth-order valence-corrected chi connectivity index (χ4v) is 3.18. The van der Waals surface area contributed by atoms with Crippen LogP contribution < -0.4 is 4.72 Å². The number of carboxylic acids is 1. The van der Waals surface area contributed by atoms with Crippen molar-refractivity contribution in [3.05, 3.63) is 11.8 Å². The molecule has 0 bridgehead atoms. The van der Waals surface area contributed by atoms with Gasteiger partial charge in [-0.1, -0.05) is 0 Å². The summed E-state index contributed by atoms with van der Waals surface area (Å²) in [4.78, 5) is 11.0. The molecule has 0 aromatic rings. The number of aliphatic hydroxyl groups excluding tert-OH is 5. The summed E-state index contributed by atoms with van der Waals surface area (Å²) in [6.07, 6.45) is -11.7. The van der Waals surface area contributed by atoms with Crippen LogP contribution in [-0.2, 0) is 29.3 Å². The van der Waals surface area contributed by atoms with Crippen LogP contribution in [0.5, 0.6) is 0 Å². The molecule has 8 unspecified atom stereocenters. The molecular weight excluding hydrogens is 398 g/mol. The van der Waals surface area contributed by atoms with Gasteiger partial charge in [-0.3, -0.25) is 4.55 Å². The maximum Gasteiger partial charge on any atom is 0.371 e. The van der Waals surface area contributed by atoms with Gasteiger partial charge in [0, 0.05) is 0 Å². The van der Waals surface area contributed by atoms with Gasteiger partial charge < -0.3 is 44.8 Å². The van der Waals surface area contributed by atoms with Gasteiger partial charge in [0.05, 0.1) is 6.61 Å². The van der Waals surface area contributed by atoms with Gasteiger partial charge in [0.25, 0.3) is 0 Å². The van der Waals surface area contributed by atoms with Crippen molar-refractivity contribution in [2.24, 2.45) is 0 Å². The number of aliphatic hydroxyl groups is 5. The normalized spacial score (nSPS) is 40.1. The zero-order valence-corrected chi connectivity index (χ0v) is 14.2. The van der Waals surface area contributed by atoms with Crippen molar-refractivity contribution in [2.45, 2.75) is 49.1 Å². The third kappa shape index (κ3) is 5.11. The molecule has 0 aromatic heterocycles. The number of carboxylic acid groups (broad SMARTS) is 1. The first-order valence-electron chi connectivity index (χ1n) is 7.45. The summed E-state index contributed by atoms with van der Waals surface area (Å²) < 4.78 is 47.2. The Morgan fingerprint density at radius 1 is 1.22 bits per heavy atom. The Hall–Kier alpha value is -1.40. The predicted octanol–water partition coefficient (Wildman–Crippen LogP) is -4.75. The smallest absolute Gasteiger partial charge is 0.371 e. The molecule has 0 spiro atoms. The van der Waals surface area contributed by atoms with E-state index in [2.05, 4.69) is 0 Å². The first-order valence-corrected chi connectivity index (χ1v) is 8.89. The third-order valence-electron chi connectivity index (χ3n) is 3.85. The Kier molecular flexibility index (Phi) is 6.74. The summed E-state index contributed by atoms with van der Waals surface area (Å²) in [7, 11) is -4.89. The van der Waals surface area contributed by atoms with E-state index in [4.69, 9.17) is 23.9 Å². The summed E-state index contributed by atoms with van der Waals surface area (Å²) in [5.74, 6) is -2.35. The van der Waals surface area contributed by atoms with Crippen LogP contribution in [0.4, 0.5) is 0 Å². The van der Waals surface area contributed by atoms with Crippen LogP contribution in [0.3, 0.4) is 0 Å². The van der Waals surface area contributed by atoms with Crippen LogP contribution in [0.2, 0.25) is 0 Å². The molecule has 0 aliphatic carbocycles. The predicted molar refractivity (Wildman–Crippen MR) is 79.9 cm³/mol. The molecule has 0 radical (unpaired) electrons. The van der Waals surface area contributed by atoms with Gasteiger partial charge in [0.2, 0.25) is 12.0 Å². The molecule has 0 saturated carbocycles. The van der Waals surface area contributed by atoms with E-state index in [0.717, 1.165) is 0 Å². The molecule has 14 nitrogen and oxygen atoms in total. The Labute approximate surface area is 152 Å². The lowest BCUT2D eigenvalue weighted by molar-refractivity contribution is -0.306. The average molecular weight is 417 g/mol. The van der Waals surface area contributed by atoms with E-state index in [1.807, 2.05) is 0 Å². The van der Waals surface area contributed by atoms with Crippen LogP contribution in [0.25, 0.3) is 0 Å². The Morgan fingerprint density at radius 3 is 2.37 bits per heavy atom. The lowest BCUT2D eigenvalue weighted by atomic mass is 9.97. The number of ether oxygens (including phenoxy) is 3. The first-order chi connectivity index (χ1) is 12.4. The van der Waals surface area contributed by atoms with Crippen LogP contribution in [-0.4, -0.2) is 105 Å². The van der Waals surface area contributed by atoms with E-state index in [1.165, 1.54) is 4.72 Å². The van der Waals surface area contributed by atoms with Crippen molar-refractivity contribution in [3.8, 4) is 0 Å². The zero-order valence-electron chi connectivity index (χ0n) is 13.4. The number of rotatable bonds is 6. The number of aliphatic carboxylic acids is 1. The molecule has 2 rings (SSSR count). The van der Waals surface area contributed by atoms with Crippen LogP contribution in [0.15, 0.2) is 11.8 Å². The van der Waals surface area contributed by atoms with E-state index in [9.17, 15) is 38.7 Å². The van der Waals surface area contributed by atoms with Crippen LogP contribution in [0, 0.1) is 0 Å². The summed E-state index contributed by atoms with van der Waals surface area (Å²) in [5.41, 5.74) is 0. The molecular formula is C12H19NO13S.